The molecule has 154 valence electrons. The van der Waals surface area contributed by atoms with Crippen LogP contribution in [0.5, 0.6) is 5.75 Å². The van der Waals surface area contributed by atoms with Gasteiger partial charge in [-0.05, 0) is 35.6 Å². The SMILES string of the molecule is CCSc1ccc(Cl)cc1Cn1c(=O)[nH]c2c(Cl)cc(OC(F)(F)F)cc2c1=O. The zero-order chi connectivity index (χ0) is 21.3. The number of nitrogens with one attached hydrogen (secondary N) is 1. The lowest BCUT2D eigenvalue weighted by atomic mass is 10.2. The largest absolute Gasteiger partial charge is 0.573 e. The Morgan fingerprint density at radius 2 is 1.90 bits per heavy atom. The minimum Gasteiger partial charge on any atom is -0.406 e. The predicted octanol–water partition coefficient (Wildman–Crippen LogP) is 5.06. The van der Waals surface area contributed by atoms with Crippen LogP contribution in [0.15, 0.2) is 44.8 Å². The fraction of sp³-hybridized carbons (Fsp3) is 0.222. The molecule has 0 spiro atoms. The molecular weight excluding hydrogens is 452 g/mol. The highest BCUT2D eigenvalue weighted by Crippen LogP contribution is 2.30. The molecule has 0 unspecified atom stereocenters. The minimum absolute atomic E-state index is 0.0679. The smallest absolute Gasteiger partial charge is 0.406 e. The highest BCUT2D eigenvalue weighted by Gasteiger charge is 2.31. The summed E-state index contributed by atoms with van der Waals surface area (Å²) in [6.07, 6.45) is -4.95. The number of thioether (sulfide) groups is 1. The van der Waals surface area contributed by atoms with Crippen LogP contribution in [0, 0.1) is 0 Å². The van der Waals surface area contributed by atoms with Crippen molar-refractivity contribution in [3.63, 3.8) is 0 Å². The van der Waals surface area contributed by atoms with Crippen molar-refractivity contribution in [1.82, 2.24) is 9.55 Å². The van der Waals surface area contributed by atoms with E-state index in [2.05, 4.69) is 9.72 Å². The number of fused-ring (bicyclic) bond motifs is 1. The second-order valence-corrected chi connectivity index (χ2v) is 8.03. The summed E-state index contributed by atoms with van der Waals surface area (Å²) in [6.45, 7) is 1.83. The van der Waals surface area contributed by atoms with Gasteiger partial charge in [0.2, 0.25) is 0 Å². The Balaban J connectivity index is 2.16. The molecule has 0 amide bonds. The molecule has 0 aliphatic rings. The maximum atomic E-state index is 12.9. The Morgan fingerprint density at radius 3 is 2.55 bits per heavy atom. The zero-order valence-corrected chi connectivity index (χ0v) is 17.1. The van der Waals surface area contributed by atoms with Crippen LogP contribution in [0.2, 0.25) is 10.0 Å². The van der Waals surface area contributed by atoms with Crippen LogP contribution in [-0.4, -0.2) is 21.7 Å². The van der Waals surface area contributed by atoms with Crippen molar-refractivity contribution in [2.24, 2.45) is 0 Å². The maximum Gasteiger partial charge on any atom is 0.573 e. The number of rotatable bonds is 5. The number of ether oxygens (including phenoxy) is 1. The molecule has 0 saturated heterocycles. The third-order valence-corrected chi connectivity index (χ3v) is 5.43. The summed E-state index contributed by atoms with van der Waals surface area (Å²) in [6, 6.07) is 6.87. The number of hydrogen-bond acceptors (Lipinski definition) is 4. The molecule has 1 N–H and O–H groups in total. The number of alkyl halides is 3. The van der Waals surface area contributed by atoms with Crippen molar-refractivity contribution in [1.29, 1.82) is 0 Å². The van der Waals surface area contributed by atoms with Gasteiger partial charge in [-0.25, -0.2) is 4.79 Å². The van der Waals surface area contributed by atoms with Crippen LogP contribution in [-0.2, 0) is 6.54 Å². The van der Waals surface area contributed by atoms with Crippen LogP contribution in [0.4, 0.5) is 13.2 Å². The Hall–Kier alpha value is -2.10. The molecule has 0 bridgehead atoms. The van der Waals surface area contributed by atoms with Crippen molar-refractivity contribution in [3.8, 4) is 5.75 Å². The average molecular weight is 465 g/mol. The minimum atomic E-state index is -4.95. The van der Waals surface area contributed by atoms with E-state index in [1.165, 1.54) is 11.8 Å². The number of aromatic amines is 1. The summed E-state index contributed by atoms with van der Waals surface area (Å²) < 4.78 is 42.3. The van der Waals surface area contributed by atoms with Crippen LogP contribution < -0.4 is 16.0 Å². The third kappa shape index (κ3) is 4.91. The molecule has 0 atom stereocenters. The molecule has 0 saturated carbocycles. The summed E-state index contributed by atoms with van der Waals surface area (Å²) in [7, 11) is 0. The van der Waals surface area contributed by atoms with E-state index in [1.807, 2.05) is 6.92 Å². The van der Waals surface area contributed by atoms with E-state index in [9.17, 15) is 22.8 Å². The van der Waals surface area contributed by atoms with Crippen molar-refractivity contribution in [2.45, 2.75) is 24.7 Å². The molecule has 0 aliphatic carbocycles. The Kier molecular flexibility index (Phi) is 6.21. The molecular formula is C18H13Cl2F3N2O3S. The second kappa shape index (κ2) is 8.33. The first-order valence-electron chi connectivity index (χ1n) is 8.22. The molecule has 0 aliphatic heterocycles. The summed E-state index contributed by atoms with van der Waals surface area (Å²) in [5, 5.41) is -0.0224. The van der Waals surface area contributed by atoms with E-state index >= 15 is 0 Å². The lowest BCUT2D eigenvalue weighted by molar-refractivity contribution is -0.274. The third-order valence-electron chi connectivity index (χ3n) is 3.90. The molecule has 3 rings (SSSR count). The molecule has 2 aromatic carbocycles. The van der Waals surface area contributed by atoms with Crippen LogP contribution in [0.3, 0.4) is 0 Å². The van der Waals surface area contributed by atoms with Crippen molar-refractivity contribution >= 4 is 45.9 Å². The number of benzene rings is 2. The quantitative estimate of drug-likeness (QED) is 0.536. The average Bonchev–Trinajstić information content (AvgIpc) is 2.61. The normalized spacial score (nSPS) is 11.8. The predicted molar refractivity (Wildman–Crippen MR) is 107 cm³/mol. The lowest BCUT2D eigenvalue weighted by Crippen LogP contribution is -2.35. The number of hydrogen-bond donors (Lipinski definition) is 1. The zero-order valence-electron chi connectivity index (χ0n) is 14.8. The molecule has 1 heterocycles. The molecule has 5 nitrogen and oxygen atoms in total. The monoisotopic (exact) mass is 464 g/mol. The van der Waals surface area contributed by atoms with Crippen LogP contribution in [0.25, 0.3) is 10.9 Å². The van der Waals surface area contributed by atoms with Gasteiger partial charge in [-0.2, -0.15) is 0 Å². The Labute approximate surface area is 176 Å². The Bertz CT molecular complexity index is 1190. The van der Waals surface area contributed by atoms with Crippen molar-refractivity contribution in [2.75, 3.05) is 5.75 Å². The van der Waals surface area contributed by atoms with Gasteiger partial charge in [-0.3, -0.25) is 9.36 Å². The van der Waals surface area contributed by atoms with E-state index in [-0.39, 0.29) is 22.5 Å². The van der Waals surface area contributed by atoms with Crippen LogP contribution in [0.1, 0.15) is 12.5 Å². The van der Waals surface area contributed by atoms with Crippen molar-refractivity contribution in [3.05, 3.63) is 66.8 Å². The van der Waals surface area contributed by atoms with E-state index < -0.39 is 23.4 Å². The number of aromatic nitrogens is 2. The summed E-state index contributed by atoms with van der Waals surface area (Å²) in [4.78, 5) is 28.6. The van der Waals surface area contributed by atoms with E-state index in [1.54, 1.807) is 18.2 Å². The van der Waals surface area contributed by atoms with Crippen molar-refractivity contribution < 1.29 is 17.9 Å². The van der Waals surface area contributed by atoms with Gasteiger partial charge in [0.1, 0.15) is 5.75 Å². The number of halogens is 5. The van der Waals surface area contributed by atoms with Gasteiger partial charge in [0, 0.05) is 16.0 Å². The van der Waals surface area contributed by atoms with Crippen LogP contribution >= 0.6 is 35.0 Å². The Morgan fingerprint density at radius 1 is 1.17 bits per heavy atom. The molecule has 29 heavy (non-hydrogen) atoms. The van der Waals surface area contributed by atoms with Gasteiger partial charge in [-0.1, -0.05) is 30.1 Å². The van der Waals surface area contributed by atoms with Gasteiger partial charge in [0.05, 0.1) is 22.5 Å². The van der Waals surface area contributed by atoms with E-state index in [4.69, 9.17) is 23.2 Å². The molecule has 0 fully saturated rings. The first-order valence-corrected chi connectivity index (χ1v) is 9.96. The highest BCUT2D eigenvalue weighted by molar-refractivity contribution is 7.99. The molecule has 11 heteroatoms. The first kappa shape index (κ1) is 21.6. The number of nitrogens with zero attached hydrogens (tertiary/aromatic N) is 1. The van der Waals surface area contributed by atoms with Gasteiger partial charge < -0.3 is 9.72 Å². The van der Waals surface area contributed by atoms with Gasteiger partial charge >= 0.3 is 12.1 Å². The topological polar surface area (TPSA) is 64.1 Å². The molecule has 3 aromatic rings. The maximum absolute atomic E-state index is 12.9. The molecule has 1 aromatic heterocycles. The summed E-state index contributed by atoms with van der Waals surface area (Å²) in [5.41, 5.74) is -0.987. The molecule has 0 radical (unpaired) electrons. The fourth-order valence-electron chi connectivity index (χ4n) is 2.76. The fourth-order valence-corrected chi connectivity index (χ4v) is 4.00. The van der Waals surface area contributed by atoms with Gasteiger partial charge in [0.25, 0.3) is 5.56 Å². The summed E-state index contributed by atoms with van der Waals surface area (Å²) in [5.74, 6) is 0.0985. The highest BCUT2D eigenvalue weighted by atomic mass is 35.5. The number of H-pyrrole nitrogens is 1. The standard InChI is InChI=1S/C18H13Cl2F3N2O3S/c1-2-29-14-4-3-10(19)5-9(14)8-25-16(26)12-6-11(28-18(21,22)23)7-13(20)15(12)24-17(25)27/h3-7H,2,8H2,1H3,(H,24,27). The second-order valence-electron chi connectivity index (χ2n) is 5.88. The first-order chi connectivity index (χ1) is 13.6. The van der Waals surface area contributed by atoms with E-state index in [0.29, 0.717) is 10.6 Å². The van der Waals surface area contributed by atoms with Gasteiger partial charge in [-0.15, -0.1) is 24.9 Å². The lowest BCUT2D eigenvalue weighted by Gasteiger charge is -2.13. The van der Waals surface area contributed by atoms with Gasteiger partial charge in [0.15, 0.2) is 0 Å². The summed E-state index contributed by atoms with van der Waals surface area (Å²) >= 11 is 13.5. The van der Waals surface area contributed by atoms with E-state index in [0.717, 1.165) is 27.3 Å².